The number of halogens is 3. The number of rotatable bonds is 8. The SMILES string of the molecule is COc1cc2nn(C3CCC(CN4CC5CC[C@H](C4)N5c4ccc5c(c4)C(=O)N(N4CCC(=O)NC4=O)C5=O)CC3)cc2cc1NC(=O)c1cccc(C(F)(F)F)n1. The highest BCUT2D eigenvalue weighted by Gasteiger charge is 2.45. The molecule has 1 unspecified atom stereocenters. The third kappa shape index (κ3) is 6.77. The van der Waals surface area contributed by atoms with E-state index in [9.17, 15) is 37.1 Å². The molecule has 6 amide bonds. The van der Waals surface area contributed by atoms with Gasteiger partial charge in [0, 0.05) is 61.5 Å². The zero-order chi connectivity index (χ0) is 40.5. The molecule has 302 valence electrons. The average molecular weight is 800 g/mol. The summed E-state index contributed by atoms with van der Waals surface area (Å²) in [4.78, 5) is 72.1. The molecule has 4 fully saturated rings. The summed E-state index contributed by atoms with van der Waals surface area (Å²) in [6.45, 7) is 2.73. The Hall–Kier alpha value is -6.04. The number of hydrogen-bond acceptors (Lipinski definition) is 10. The number of likely N-dealkylation sites (tertiary alicyclic amines) is 1. The maximum absolute atomic E-state index is 13.5. The molecule has 18 heteroatoms. The summed E-state index contributed by atoms with van der Waals surface area (Å²) in [6, 6.07) is 11.8. The van der Waals surface area contributed by atoms with Crippen LogP contribution in [0.2, 0.25) is 0 Å². The molecular weight excluding hydrogens is 759 g/mol. The lowest BCUT2D eigenvalue weighted by Crippen LogP contribution is -2.58. The second-order valence-corrected chi connectivity index (χ2v) is 15.6. The molecule has 5 aliphatic rings. The summed E-state index contributed by atoms with van der Waals surface area (Å²) in [5.74, 6) is -1.54. The summed E-state index contributed by atoms with van der Waals surface area (Å²) in [7, 11) is 1.44. The number of anilines is 2. The van der Waals surface area contributed by atoms with Crippen molar-refractivity contribution in [3.05, 3.63) is 77.2 Å². The fourth-order valence-corrected chi connectivity index (χ4v) is 9.29. The topological polar surface area (TPSA) is 162 Å². The molecule has 58 heavy (non-hydrogen) atoms. The molecule has 4 aromatic rings. The number of piperazine rings is 1. The van der Waals surface area contributed by atoms with Crippen molar-refractivity contribution in [1.82, 2.24) is 35.0 Å². The zero-order valence-electron chi connectivity index (χ0n) is 31.5. The summed E-state index contributed by atoms with van der Waals surface area (Å²) in [6.07, 6.45) is 3.26. The van der Waals surface area contributed by atoms with Crippen LogP contribution in [0.3, 0.4) is 0 Å². The van der Waals surface area contributed by atoms with Crippen molar-refractivity contribution in [2.24, 2.45) is 5.92 Å². The van der Waals surface area contributed by atoms with Gasteiger partial charge in [0.25, 0.3) is 17.7 Å². The molecule has 2 N–H and O–H groups in total. The van der Waals surface area contributed by atoms with Gasteiger partial charge in [-0.1, -0.05) is 6.07 Å². The number of amides is 6. The van der Waals surface area contributed by atoms with E-state index in [2.05, 4.69) is 25.4 Å². The Labute approximate surface area is 330 Å². The van der Waals surface area contributed by atoms with Gasteiger partial charge in [-0.2, -0.15) is 23.3 Å². The van der Waals surface area contributed by atoms with Gasteiger partial charge < -0.3 is 15.0 Å². The number of carbonyl (C=O) groups is 5. The van der Waals surface area contributed by atoms with Crippen LogP contribution in [-0.4, -0.2) is 105 Å². The minimum Gasteiger partial charge on any atom is -0.494 e. The molecule has 15 nitrogen and oxygen atoms in total. The molecule has 2 atom stereocenters. The van der Waals surface area contributed by atoms with Gasteiger partial charge in [0.05, 0.1) is 42.0 Å². The Balaban J connectivity index is 0.810. The summed E-state index contributed by atoms with van der Waals surface area (Å²) in [5, 5.41) is 12.2. The van der Waals surface area contributed by atoms with Crippen LogP contribution in [0.4, 0.5) is 29.3 Å². The smallest absolute Gasteiger partial charge is 0.433 e. The van der Waals surface area contributed by atoms with Crippen LogP contribution < -0.4 is 20.3 Å². The van der Waals surface area contributed by atoms with E-state index in [0.717, 1.165) is 91.4 Å². The molecule has 6 heterocycles. The van der Waals surface area contributed by atoms with E-state index in [-0.39, 0.29) is 47.9 Å². The number of fused-ring (bicyclic) bond motifs is 4. The predicted molar refractivity (Wildman–Crippen MR) is 202 cm³/mol. The Morgan fingerprint density at radius 3 is 2.34 bits per heavy atom. The monoisotopic (exact) mass is 799 g/mol. The number of ether oxygens (including phenoxy) is 1. The van der Waals surface area contributed by atoms with Crippen molar-refractivity contribution in [1.29, 1.82) is 0 Å². The first-order valence-corrected chi connectivity index (χ1v) is 19.4. The van der Waals surface area contributed by atoms with Crippen molar-refractivity contribution >= 4 is 51.9 Å². The van der Waals surface area contributed by atoms with Crippen LogP contribution in [0.25, 0.3) is 10.9 Å². The van der Waals surface area contributed by atoms with E-state index in [4.69, 9.17) is 9.84 Å². The first-order valence-electron chi connectivity index (χ1n) is 19.4. The quantitative estimate of drug-likeness (QED) is 0.225. The second kappa shape index (κ2) is 14.4. The number of nitrogens with one attached hydrogen (secondary N) is 2. The summed E-state index contributed by atoms with van der Waals surface area (Å²) < 4.78 is 47.0. The first-order chi connectivity index (χ1) is 27.8. The average Bonchev–Trinajstić information content (AvgIpc) is 3.82. The van der Waals surface area contributed by atoms with Crippen molar-refractivity contribution in [3.8, 4) is 5.75 Å². The van der Waals surface area contributed by atoms with Crippen LogP contribution in [0.5, 0.6) is 5.75 Å². The number of carbonyl (C=O) groups excluding carboxylic acids is 5. The van der Waals surface area contributed by atoms with Crippen molar-refractivity contribution in [2.75, 3.05) is 43.5 Å². The third-order valence-electron chi connectivity index (χ3n) is 12.0. The number of pyridine rings is 1. The van der Waals surface area contributed by atoms with Crippen molar-refractivity contribution < 1.29 is 41.9 Å². The number of methoxy groups -OCH3 is 1. The fourth-order valence-electron chi connectivity index (χ4n) is 9.29. The Morgan fingerprint density at radius 1 is 0.914 bits per heavy atom. The molecule has 2 aromatic heterocycles. The van der Waals surface area contributed by atoms with Gasteiger partial charge in [-0.25, -0.2) is 14.8 Å². The molecule has 2 aromatic carbocycles. The van der Waals surface area contributed by atoms with E-state index >= 15 is 0 Å². The largest absolute Gasteiger partial charge is 0.494 e. The van der Waals surface area contributed by atoms with Crippen LogP contribution in [-0.2, 0) is 11.0 Å². The van der Waals surface area contributed by atoms with E-state index in [1.54, 1.807) is 24.3 Å². The standard InChI is InChI=1S/C40H40F3N9O6/c1-58-33-17-31-23(15-32(33)45-36(54)30-3-2-4-34(44-30)40(41,42)43)19-49(47-31)24-7-5-22(6-8-24)18-48-20-26-9-10-27(21-48)51(26)25-11-12-28-29(16-25)38(56)52(37(28)55)50-14-13-35(53)46-39(50)57/h2-4,11-12,15-17,19,22,24,26-27H,5-10,13-14,18,20-21H2,1H3,(H,45,54)(H,46,53,57)/t22?,24?,26-,27?/m1/s1. The van der Waals surface area contributed by atoms with Crippen molar-refractivity contribution in [2.45, 2.75) is 69.2 Å². The highest BCUT2D eigenvalue weighted by molar-refractivity contribution is 6.22. The molecule has 1 aliphatic carbocycles. The number of nitrogens with zero attached hydrogens (tertiary/aromatic N) is 7. The minimum absolute atomic E-state index is 0.000884. The van der Waals surface area contributed by atoms with Gasteiger partial charge in [-0.3, -0.25) is 34.1 Å². The molecule has 9 rings (SSSR count). The number of benzene rings is 2. The molecule has 4 aliphatic heterocycles. The first kappa shape index (κ1) is 37.5. The molecular formula is C40H40F3N9O6. The minimum atomic E-state index is -4.68. The predicted octanol–water partition coefficient (Wildman–Crippen LogP) is 5.25. The highest BCUT2D eigenvalue weighted by atomic mass is 19.4. The van der Waals surface area contributed by atoms with Gasteiger partial charge in [0.15, 0.2) is 0 Å². The molecule has 2 bridgehead atoms. The fraction of sp³-hybridized carbons (Fsp3) is 0.425. The van der Waals surface area contributed by atoms with E-state index in [0.29, 0.717) is 22.9 Å². The number of aromatic nitrogens is 3. The highest BCUT2D eigenvalue weighted by Crippen LogP contribution is 2.40. The summed E-state index contributed by atoms with van der Waals surface area (Å²) >= 11 is 0. The zero-order valence-corrected chi connectivity index (χ0v) is 31.5. The lowest BCUT2D eigenvalue weighted by Gasteiger charge is -2.44. The van der Waals surface area contributed by atoms with E-state index in [1.807, 2.05) is 16.9 Å². The maximum atomic E-state index is 13.5. The number of hydrazine groups is 1. The number of alkyl halides is 3. The van der Waals surface area contributed by atoms with Crippen LogP contribution in [0, 0.1) is 5.92 Å². The van der Waals surface area contributed by atoms with Crippen molar-refractivity contribution in [3.63, 3.8) is 0 Å². The lowest BCUT2D eigenvalue weighted by atomic mass is 9.85. The van der Waals surface area contributed by atoms with Crippen LogP contribution in [0.1, 0.15) is 87.9 Å². The number of imide groups is 2. The van der Waals surface area contributed by atoms with Gasteiger partial charge in [0.1, 0.15) is 17.1 Å². The maximum Gasteiger partial charge on any atom is 0.433 e. The van der Waals surface area contributed by atoms with Gasteiger partial charge in [-0.05, 0) is 80.8 Å². The summed E-state index contributed by atoms with van der Waals surface area (Å²) in [5.41, 5.74) is 0.841. The van der Waals surface area contributed by atoms with Crippen LogP contribution >= 0.6 is 0 Å². The second-order valence-electron chi connectivity index (χ2n) is 15.6. The molecule has 0 spiro atoms. The Bertz CT molecular complexity index is 2350. The third-order valence-corrected chi connectivity index (χ3v) is 12.0. The van der Waals surface area contributed by atoms with E-state index in [1.165, 1.54) is 13.2 Å². The van der Waals surface area contributed by atoms with Crippen LogP contribution in [0.15, 0.2) is 54.7 Å². The number of urea groups is 1. The normalized spacial score (nSPS) is 23.8. The van der Waals surface area contributed by atoms with Gasteiger partial charge in [0.2, 0.25) is 5.91 Å². The van der Waals surface area contributed by atoms with Gasteiger partial charge in [-0.15, -0.1) is 0 Å². The Morgan fingerprint density at radius 2 is 1.64 bits per heavy atom. The molecule has 0 radical (unpaired) electrons. The lowest BCUT2D eigenvalue weighted by molar-refractivity contribution is -0.141. The Kier molecular flexibility index (Phi) is 9.32. The molecule has 1 saturated carbocycles. The molecule has 3 saturated heterocycles. The van der Waals surface area contributed by atoms with E-state index < -0.39 is 41.5 Å². The van der Waals surface area contributed by atoms with Gasteiger partial charge >= 0.3 is 12.2 Å². The number of hydrogen-bond donors (Lipinski definition) is 2.